The number of aromatic nitrogens is 5. The van der Waals surface area contributed by atoms with E-state index in [0.717, 1.165) is 5.56 Å². The number of aliphatic hydroxyl groups is 1. The van der Waals surface area contributed by atoms with E-state index >= 15 is 0 Å². The van der Waals surface area contributed by atoms with Gasteiger partial charge in [0, 0.05) is 42.0 Å². The van der Waals surface area contributed by atoms with Crippen LogP contribution in [0.2, 0.25) is 10.0 Å². The van der Waals surface area contributed by atoms with Crippen molar-refractivity contribution in [3.05, 3.63) is 86.6 Å². The molecule has 154 valence electrons. The maximum absolute atomic E-state index is 12.6. The molecule has 1 aromatic carbocycles. The fraction of sp³-hybridized carbons (Fsp3) is 0.200. The zero-order valence-corrected chi connectivity index (χ0v) is 17.4. The van der Waals surface area contributed by atoms with Gasteiger partial charge in [0.2, 0.25) is 5.89 Å². The maximum Gasteiger partial charge on any atom is 0.270 e. The minimum absolute atomic E-state index is 0.0654. The summed E-state index contributed by atoms with van der Waals surface area (Å²) < 4.78 is 8.25. The highest BCUT2D eigenvalue weighted by Gasteiger charge is 2.16. The van der Waals surface area contributed by atoms with E-state index in [0.29, 0.717) is 22.0 Å². The quantitative estimate of drug-likeness (QED) is 0.488. The van der Waals surface area contributed by atoms with Crippen molar-refractivity contribution in [2.24, 2.45) is 7.05 Å². The number of aryl methyl sites for hydroxylation is 1. The maximum atomic E-state index is 12.6. The van der Waals surface area contributed by atoms with Crippen LogP contribution in [0, 0.1) is 0 Å². The first kappa shape index (κ1) is 20.3. The molecule has 1 atom stereocenters. The van der Waals surface area contributed by atoms with E-state index in [1.54, 1.807) is 60.7 Å². The molecule has 1 N–H and O–H groups in total. The second-order valence-electron chi connectivity index (χ2n) is 6.75. The summed E-state index contributed by atoms with van der Waals surface area (Å²) >= 11 is 12.1. The van der Waals surface area contributed by atoms with Gasteiger partial charge >= 0.3 is 0 Å². The summed E-state index contributed by atoms with van der Waals surface area (Å²) in [6.45, 7) is 0.0654. The second kappa shape index (κ2) is 8.43. The minimum Gasteiger partial charge on any atom is -0.388 e. The van der Waals surface area contributed by atoms with Gasteiger partial charge in [-0.2, -0.15) is 10.1 Å². The second-order valence-corrected chi connectivity index (χ2v) is 7.57. The van der Waals surface area contributed by atoms with E-state index in [4.69, 9.17) is 27.7 Å². The molecule has 3 heterocycles. The highest BCUT2D eigenvalue weighted by Crippen LogP contribution is 2.24. The molecule has 4 aromatic rings. The van der Waals surface area contributed by atoms with Gasteiger partial charge in [-0.05, 0) is 23.8 Å². The predicted molar refractivity (Wildman–Crippen MR) is 111 cm³/mol. The van der Waals surface area contributed by atoms with Crippen LogP contribution in [0.15, 0.2) is 58.2 Å². The van der Waals surface area contributed by atoms with Gasteiger partial charge in [0.1, 0.15) is 11.6 Å². The summed E-state index contributed by atoms with van der Waals surface area (Å²) in [5.41, 5.74) is 1.67. The lowest BCUT2D eigenvalue weighted by Crippen LogP contribution is -2.21. The Hall–Kier alpha value is -2.94. The first-order valence-corrected chi connectivity index (χ1v) is 9.79. The third kappa shape index (κ3) is 4.30. The number of hydrogen-bond donors (Lipinski definition) is 1. The highest BCUT2D eigenvalue weighted by atomic mass is 35.5. The van der Waals surface area contributed by atoms with Gasteiger partial charge in [-0.25, -0.2) is 0 Å². The largest absolute Gasteiger partial charge is 0.388 e. The molecule has 0 saturated heterocycles. The average Bonchev–Trinajstić information content (AvgIpc) is 3.35. The van der Waals surface area contributed by atoms with Crippen LogP contribution in [0.25, 0.3) is 11.1 Å². The van der Waals surface area contributed by atoms with Crippen molar-refractivity contribution in [3.8, 4) is 11.1 Å². The van der Waals surface area contributed by atoms with Crippen LogP contribution in [0.5, 0.6) is 0 Å². The molecule has 0 radical (unpaired) electrons. The minimum atomic E-state index is -0.802. The SMILES string of the molecule is Cn1cc(-c2ccn(Cc3nc(C[C@H](O)c4ccc(Cl)cc4)no3)c(=O)c2Cl)cn1. The summed E-state index contributed by atoms with van der Waals surface area (Å²) in [6.07, 6.45) is 4.40. The number of aliphatic hydroxyl groups excluding tert-OH is 1. The van der Waals surface area contributed by atoms with Gasteiger partial charge in [-0.1, -0.05) is 40.5 Å². The summed E-state index contributed by atoms with van der Waals surface area (Å²) in [5, 5.41) is 19.0. The van der Waals surface area contributed by atoms with E-state index < -0.39 is 6.10 Å². The van der Waals surface area contributed by atoms with Gasteiger partial charge in [0.05, 0.1) is 12.3 Å². The van der Waals surface area contributed by atoms with Crippen LogP contribution in [0.3, 0.4) is 0 Å². The molecule has 4 rings (SSSR count). The standard InChI is InChI=1S/C20H17Cl2N5O3/c1-26-10-13(9-23-26)15-6-7-27(20(29)19(15)22)11-18-24-17(25-30-18)8-16(28)12-2-4-14(21)5-3-12/h2-7,9-10,16,28H,8,11H2,1H3/t16-/m0/s1. The Morgan fingerprint density at radius 3 is 2.67 bits per heavy atom. The molecule has 0 aliphatic heterocycles. The molecule has 0 amide bonds. The Balaban J connectivity index is 1.49. The van der Waals surface area contributed by atoms with Crippen LogP contribution in [0.4, 0.5) is 0 Å². The molecule has 3 aromatic heterocycles. The first-order valence-electron chi connectivity index (χ1n) is 9.03. The zero-order chi connectivity index (χ0) is 21.3. The zero-order valence-electron chi connectivity index (χ0n) is 15.9. The molecule has 30 heavy (non-hydrogen) atoms. The number of pyridine rings is 1. The van der Waals surface area contributed by atoms with E-state index in [1.807, 2.05) is 0 Å². The van der Waals surface area contributed by atoms with Crippen LogP contribution < -0.4 is 5.56 Å². The molecule has 0 unspecified atom stereocenters. The summed E-state index contributed by atoms with van der Waals surface area (Å²) in [5.74, 6) is 0.569. The lowest BCUT2D eigenvalue weighted by molar-refractivity contribution is 0.174. The monoisotopic (exact) mass is 445 g/mol. The Morgan fingerprint density at radius 2 is 1.97 bits per heavy atom. The molecule has 10 heteroatoms. The molecule has 8 nitrogen and oxygen atoms in total. The third-order valence-corrected chi connectivity index (χ3v) is 5.19. The molecule has 0 aliphatic carbocycles. The molecule has 0 fully saturated rings. The van der Waals surface area contributed by atoms with Gasteiger partial charge in [0.15, 0.2) is 5.82 Å². The van der Waals surface area contributed by atoms with Crippen LogP contribution in [-0.4, -0.2) is 29.6 Å². The first-order chi connectivity index (χ1) is 14.4. The van der Waals surface area contributed by atoms with Crippen molar-refractivity contribution < 1.29 is 9.63 Å². The lowest BCUT2D eigenvalue weighted by atomic mass is 10.1. The van der Waals surface area contributed by atoms with Crippen molar-refractivity contribution in [2.45, 2.75) is 19.1 Å². The number of rotatable bonds is 6. The van der Waals surface area contributed by atoms with Crippen molar-refractivity contribution in [1.82, 2.24) is 24.5 Å². The van der Waals surface area contributed by atoms with Gasteiger partial charge in [0.25, 0.3) is 5.56 Å². The Morgan fingerprint density at radius 1 is 1.20 bits per heavy atom. The van der Waals surface area contributed by atoms with Crippen LogP contribution >= 0.6 is 23.2 Å². The summed E-state index contributed by atoms with van der Waals surface area (Å²) in [7, 11) is 1.79. The van der Waals surface area contributed by atoms with E-state index in [2.05, 4.69) is 15.2 Å². The fourth-order valence-electron chi connectivity index (χ4n) is 3.01. The van der Waals surface area contributed by atoms with Gasteiger partial charge in [-0.15, -0.1) is 0 Å². The Kier molecular flexibility index (Phi) is 5.72. The van der Waals surface area contributed by atoms with Crippen LogP contribution in [0.1, 0.15) is 23.4 Å². The van der Waals surface area contributed by atoms with Crippen LogP contribution in [-0.2, 0) is 20.0 Å². The molecular formula is C20H17Cl2N5O3. The third-order valence-electron chi connectivity index (χ3n) is 4.57. The molecule has 0 spiro atoms. The van der Waals surface area contributed by atoms with E-state index in [-0.39, 0.29) is 29.4 Å². The summed E-state index contributed by atoms with van der Waals surface area (Å²) in [6, 6.07) is 8.61. The number of hydrogen-bond acceptors (Lipinski definition) is 6. The number of nitrogens with zero attached hydrogens (tertiary/aromatic N) is 5. The van der Waals surface area contributed by atoms with E-state index in [9.17, 15) is 9.90 Å². The lowest BCUT2D eigenvalue weighted by Gasteiger charge is -2.08. The Labute approximate surface area is 181 Å². The van der Waals surface area contributed by atoms with E-state index in [1.165, 1.54) is 4.57 Å². The van der Waals surface area contributed by atoms with Gasteiger partial charge in [-0.3, -0.25) is 9.48 Å². The van der Waals surface area contributed by atoms with Crippen molar-refractivity contribution in [1.29, 1.82) is 0 Å². The van der Waals surface area contributed by atoms with Gasteiger partial charge < -0.3 is 14.2 Å². The fourth-order valence-corrected chi connectivity index (χ4v) is 3.42. The molecular weight excluding hydrogens is 429 g/mol. The number of halogens is 2. The predicted octanol–water partition coefficient (Wildman–Crippen LogP) is 3.26. The summed E-state index contributed by atoms with van der Waals surface area (Å²) in [4.78, 5) is 16.9. The molecule has 0 aliphatic rings. The topological polar surface area (TPSA) is 99.0 Å². The molecule has 0 saturated carbocycles. The molecule has 0 bridgehead atoms. The van der Waals surface area contributed by atoms with Crippen molar-refractivity contribution in [2.75, 3.05) is 0 Å². The smallest absolute Gasteiger partial charge is 0.270 e. The highest BCUT2D eigenvalue weighted by molar-refractivity contribution is 6.33. The van der Waals surface area contributed by atoms with Crippen molar-refractivity contribution in [3.63, 3.8) is 0 Å². The number of benzene rings is 1. The van der Waals surface area contributed by atoms with Crippen molar-refractivity contribution >= 4 is 23.2 Å². The normalized spacial score (nSPS) is 12.3. The average molecular weight is 446 g/mol. The Bertz CT molecular complexity index is 1230.